The van der Waals surface area contributed by atoms with E-state index in [1.54, 1.807) is 25.1 Å². The van der Waals surface area contributed by atoms with Crippen molar-refractivity contribution < 1.29 is 39.0 Å². The van der Waals surface area contributed by atoms with Crippen molar-refractivity contribution in [2.45, 2.75) is 24.5 Å². The number of Topliss-reactive ketones (excluding diaryl/α,β-unsaturated/α-hetero) is 4. The van der Waals surface area contributed by atoms with E-state index in [4.69, 9.17) is 5.73 Å². The molecule has 4 rings (SSSR count). The Labute approximate surface area is 212 Å². The van der Waals surface area contributed by atoms with Crippen LogP contribution in [0, 0.1) is 23.7 Å². The minimum Gasteiger partial charge on any atom is -0.505 e. The zero-order valence-electron chi connectivity index (χ0n) is 21.0. The maximum absolute atomic E-state index is 13.8. The number of phenols is 1. The van der Waals surface area contributed by atoms with Crippen LogP contribution in [0.1, 0.15) is 22.3 Å². The summed E-state index contributed by atoms with van der Waals surface area (Å²) in [6, 6.07) is 1.89. The lowest BCUT2D eigenvalue weighted by Gasteiger charge is -2.52. The third-order valence-corrected chi connectivity index (χ3v) is 7.67. The number of likely N-dealkylation sites (N-methyl/N-ethyl adjacent to an activating group) is 2. The molecular weight excluding hydrogens is 484 g/mol. The predicted octanol–water partition coefficient (Wildman–Crippen LogP) is -1.63. The van der Waals surface area contributed by atoms with Gasteiger partial charge in [-0.05, 0) is 58.6 Å². The second-order valence-corrected chi connectivity index (χ2v) is 10.6. The van der Waals surface area contributed by atoms with Crippen molar-refractivity contribution in [1.29, 1.82) is 0 Å². The number of nitrogens with one attached hydrogen (secondary N) is 1. The number of nitrogens with two attached hydrogens (primary N) is 1. The quantitative estimate of drug-likeness (QED) is 0.262. The number of nitrogens with zero attached hydrogens (tertiary/aromatic N) is 2. The van der Waals surface area contributed by atoms with E-state index in [1.807, 2.05) is 0 Å². The Balaban J connectivity index is 1.77. The fourth-order valence-electron chi connectivity index (χ4n) is 6.16. The molecule has 0 radical (unpaired) electrons. The maximum atomic E-state index is 13.8. The number of carbonyl (C=O) groups excluding carboxylic acids is 6. The molecule has 0 saturated heterocycles. The molecule has 12 nitrogen and oxygen atoms in total. The minimum atomic E-state index is -2.77. The van der Waals surface area contributed by atoms with Crippen LogP contribution >= 0.6 is 0 Å². The topological polar surface area (TPSA) is 187 Å². The first-order valence-corrected chi connectivity index (χ1v) is 11.9. The number of fused-ring (bicyclic) bond motifs is 3. The first-order chi connectivity index (χ1) is 17.2. The molecule has 1 aromatic carbocycles. The summed E-state index contributed by atoms with van der Waals surface area (Å²) in [5, 5.41) is 25.0. The summed E-state index contributed by atoms with van der Waals surface area (Å²) >= 11 is 0. The van der Waals surface area contributed by atoms with E-state index in [0.29, 0.717) is 5.56 Å². The fourth-order valence-corrected chi connectivity index (χ4v) is 6.16. The van der Waals surface area contributed by atoms with Gasteiger partial charge in [-0.15, -0.1) is 0 Å². The number of amides is 2. The second kappa shape index (κ2) is 9.12. The molecule has 2 amide bonds. The van der Waals surface area contributed by atoms with Crippen LogP contribution in [-0.2, 0) is 30.4 Å². The molecule has 2 saturated carbocycles. The van der Waals surface area contributed by atoms with E-state index in [-0.39, 0.29) is 30.6 Å². The molecule has 3 aliphatic rings. The molecule has 198 valence electrons. The maximum Gasteiger partial charge on any atom is 0.238 e. The number of phenolic OH excluding ortho intramolecular Hbond substituents is 1. The summed E-state index contributed by atoms with van der Waals surface area (Å²) in [6.45, 7) is 0.0248. The first-order valence-electron chi connectivity index (χ1n) is 11.9. The molecule has 3 aliphatic carbocycles. The van der Waals surface area contributed by atoms with Crippen molar-refractivity contribution >= 4 is 40.6 Å². The normalized spacial score (nSPS) is 31.2. The number of carbonyl (C=O) groups is 6. The molecule has 0 heterocycles. The summed E-state index contributed by atoms with van der Waals surface area (Å²) in [5.74, 6) is -11.6. The van der Waals surface area contributed by atoms with Gasteiger partial charge in [-0.2, -0.15) is 0 Å². The lowest BCUT2D eigenvalue weighted by atomic mass is 9.52. The monoisotopic (exact) mass is 514 g/mol. The van der Waals surface area contributed by atoms with E-state index in [1.165, 1.54) is 25.1 Å². The number of aliphatic hydroxyl groups is 1. The average Bonchev–Trinajstić information content (AvgIpc) is 2.77. The molecule has 2 fully saturated rings. The minimum absolute atomic E-state index is 0.0157. The van der Waals surface area contributed by atoms with Gasteiger partial charge in [0.1, 0.15) is 5.75 Å². The summed E-state index contributed by atoms with van der Waals surface area (Å²) in [6.07, 6.45) is 0.136. The van der Waals surface area contributed by atoms with Crippen molar-refractivity contribution in [3.63, 3.8) is 0 Å². The molecule has 2 unspecified atom stereocenters. The van der Waals surface area contributed by atoms with Crippen LogP contribution in [0.2, 0.25) is 0 Å². The molecule has 37 heavy (non-hydrogen) atoms. The standard InChI is InChI=1S/C25H30N4O8/c1-28(2)9-14(30)27-13-6-5-10-7-11-8-12-18(29(3)4)21(33)17(24(26)36)23(35)25(12,37)22(34)16(11)20(32)15(10)19(13)31/h5-6,11-12,16-18,31,37H,7-9H2,1-4H3,(H2,26,36)(H,27,30)/t11-,12-,16?,17?,18+,25-/m1/s1. The molecule has 0 aromatic heterocycles. The highest BCUT2D eigenvalue weighted by molar-refractivity contribution is 6.32. The van der Waals surface area contributed by atoms with E-state index in [2.05, 4.69) is 5.32 Å². The molecular formula is C25H30N4O8. The van der Waals surface area contributed by atoms with Crippen LogP contribution in [0.4, 0.5) is 5.69 Å². The lowest BCUT2D eigenvalue weighted by molar-refractivity contribution is -0.181. The van der Waals surface area contributed by atoms with Crippen molar-refractivity contribution in [2.75, 3.05) is 40.1 Å². The summed E-state index contributed by atoms with van der Waals surface area (Å²) in [7, 11) is 6.43. The van der Waals surface area contributed by atoms with E-state index in [0.717, 1.165) is 0 Å². The van der Waals surface area contributed by atoms with Gasteiger partial charge in [0.25, 0.3) is 0 Å². The van der Waals surface area contributed by atoms with Gasteiger partial charge >= 0.3 is 0 Å². The van der Waals surface area contributed by atoms with Gasteiger partial charge in [-0.25, -0.2) is 0 Å². The summed E-state index contributed by atoms with van der Waals surface area (Å²) < 4.78 is 0. The van der Waals surface area contributed by atoms with Crippen molar-refractivity contribution in [2.24, 2.45) is 29.4 Å². The van der Waals surface area contributed by atoms with Crippen molar-refractivity contribution in [3.8, 4) is 5.75 Å². The Kier molecular flexibility index (Phi) is 6.55. The highest BCUT2D eigenvalue weighted by Crippen LogP contribution is 2.51. The van der Waals surface area contributed by atoms with Gasteiger partial charge in [0.15, 0.2) is 34.7 Å². The zero-order chi connectivity index (χ0) is 27.6. The number of hydrogen-bond acceptors (Lipinski definition) is 10. The number of hydrogen-bond donors (Lipinski definition) is 4. The Morgan fingerprint density at radius 3 is 2.32 bits per heavy atom. The lowest BCUT2D eigenvalue weighted by Crippen LogP contribution is -2.74. The Morgan fingerprint density at radius 2 is 1.76 bits per heavy atom. The van der Waals surface area contributed by atoms with Crippen LogP contribution in [0.15, 0.2) is 12.1 Å². The molecule has 12 heteroatoms. The third-order valence-electron chi connectivity index (χ3n) is 7.67. The molecule has 5 N–H and O–H groups in total. The average molecular weight is 515 g/mol. The van der Waals surface area contributed by atoms with Crippen LogP contribution in [0.5, 0.6) is 5.75 Å². The van der Waals surface area contributed by atoms with Gasteiger partial charge in [0.2, 0.25) is 11.8 Å². The number of aromatic hydroxyl groups is 1. The van der Waals surface area contributed by atoms with Crippen LogP contribution < -0.4 is 11.1 Å². The van der Waals surface area contributed by atoms with Crippen LogP contribution in [0.25, 0.3) is 0 Å². The summed E-state index contributed by atoms with van der Waals surface area (Å²) in [4.78, 5) is 80.9. The highest BCUT2D eigenvalue weighted by Gasteiger charge is 2.69. The number of primary amides is 1. The molecule has 1 aromatic rings. The zero-order valence-corrected chi connectivity index (χ0v) is 21.0. The SMILES string of the molecule is CN(C)CC(=O)Nc1ccc2c(c1O)C(=O)C1C(=O)[C@@]3(O)C(=O)C(C(N)=O)C(=O)[C@@H](N(C)C)[C@H]3C[C@H]1C2. The molecule has 0 bridgehead atoms. The van der Waals surface area contributed by atoms with Crippen LogP contribution in [0.3, 0.4) is 0 Å². The van der Waals surface area contributed by atoms with Crippen molar-refractivity contribution in [1.82, 2.24) is 9.80 Å². The van der Waals surface area contributed by atoms with Gasteiger partial charge in [-0.3, -0.25) is 33.7 Å². The molecule has 6 atom stereocenters. The fraction of sp³-hybridized carbons (Fsp3) is 0.520. The molecule has 0 spiro atoms. The van der Waals surface area contributed by atoms with E-state index >= 15 is 0 Å². The summed E-state index contributed by atoms with van der Waals surface area (Å²) in [5.41, 5.74) is 2.79. The van der Waals surface area contributed by atoms with Gasteiger partial charge in [0.05, 0.1) is 29.8 Å². The predicted molar refractivity (Wildman–Crippen MR) is 129 cm³/mol. The largest absolute Gasteiger partial charge is 0.505 e. The molecule has 0 aliphatic heterocycles. The highest BCUT2D eigenvalue weighted by atomic mass is 16.3. The Morgan fingerprint density at radius 1 is 1.11 bits per heavy atom. The first kappa shape index (κ1) is 26.6. The number of anilines is 1. The van der Waals surface area contributed by atoms with Crippen molar-refractivity contribution in [3.05, 3.63) is 23.3 Å². The van der Waals surface area contributed by atoms with Gasteiger partial charge < -0.3 is 26.2 Å². The Bertz CT molecular complexity index is 1240. The number of rotatable bonds is 5. The van der Waals surface area contributed by atoms with Gasteiger partial charge in [0, 0.05) is 5.92 Å². The Hall–Kier alpha value is -3.48. The van der Waals surface area contributed by atoms with E-state index in [9.17, 15) is 39.0 Å². The second-order valence-electron chi connectivity index (χ2n) is 10.6. The number of ketones is 4. The van der Waals surface area contributed by atoms with E-state index < -0.39 is 76.0 Å². The van der Waals surface area contributed by atoms with Gasteiger partial charge in [-0.1, -0.05) is 6.07 Å². The van der Waals surface area contributed by atoms with Crippen LogP contribution in [-0.4, -0.2) is 101 Å². The smallest absolute Gasteiger partial charge is 0.238 e. The third kappa shape index (κ3) is 3.95. The number of benzene rings is 1.